The molecule has 0 spiro atoms. The van der Waals surface area contributed by atoms with Crippen LogP contribution in [0.2, 0.25) is 0 Å². The Hall–Kier alpha value is 0. The largest absolute Gasteiger partial charge is 0.0622 e. The van der Waals surface area contributed by atoms with Crippen LogP contribution in [-0.4, -0.2) is 0 Å². The van der Waals surface area contributed by atoms with E-state index < -0.39 is 0 Å². The zero-order chi connectivity index (χ0) is 7.35. The predicted molar refractivity (Wildman–Crippen MR) is 43.8 cm³/mol. The van der Waals surface area contributed by atoms with E-state index in [0.29, 0.717) is 0 Å². The van der Waals surface area contributed by atoms with Gasteiger partial charge >= 0.3 is 0 Å². The molecule has 0 saturated heterocycles. The third-order valence-corrected chi connectivity index (χ3v) is 4.08. The smallest absolute Gasteiger partial charge is 0.0240 e. The van der Waals surface area contributed by atoms with Crippen molar-refractivity contribution in [1.82, 2.24) is 0 Å². The minimum Gasteiger partial charge on any atom is -0.0622 e. The number of fused-ring (bicyclic) bond motifs is 1. The van der Waals surface area contributed by atoms with Crippen molar-refractivity contribution < 1.29 is 0 Å². The Bertz CT molecular complexity index is 148. The highest BCUT2D eigenvalue weighted by Crippen LogP contribution is 2.69. The fourth-order valence-corrected chi connectivity index (χ4v) is 3.06. The van der Waals surface area contributed by atoms with Gasteiger partial charge in [-0.25, -0.2) is 0 Å². The summed E-state index contributed by atoms with van der Waals surface area (Å²) < 4.78 is 0. The molecule has 3 unspecified atom stereocenters. The van der Waals surface area contributed by atoms with Gasteiger partial charge in [-0.1, -0.05) is 20.8 Å². The molecule has 2 fully saturated rings. The Morgan fingerprint density at radius 1 is 1.40 bits per heavy atom. The van der Waals surface area contributed by atoms with E-state index in [-0.39, 0.29) is 0 Å². The molecule has 3 atom stereocenters. The predicted octanol–water partition coefficient (Wildman–Crippen LogP) is 3.08. The summed E-state index contributed by atoms with van der Waals surface area (Å²) in [5.41, 5.74) is 0.833. The van der Waals surface area contributed by atoms with Gasteiger partial charge in [-0.2, -0.15) is 0 Å². The van der Waals surface area contributed by atoms with Gasteiger partial charge in [0.15, 0.2) is 0 Å². The van der Waals surface area contributed by atoms with Crippen molar-refractivity contribution in [1.29, 1.82) is 0 Å². The van der Waals surface area contributed by atoms with Gasteiger partial charge in [0.05, 0.1) is 0 Å². The molecule has 0 aromatic rings. The first-order valence-electron chi connectivity index (χ1n) is 4.67. The monoisotopic (exact) mass is 138 g/mol. The summed E-state index contributed by atoms with van der Waals surface area (Å²) in [6.45, 7) is 7.23. The van der Waals surface area contributed by atoms with E-state index in [9.17, 15) is 0 Å². The molecule has 0 aliphatic heterocycles. The quantitative estimate of drug-likeness (QED) is 0.522. The topological polar surface area (TPSA) is 0 Å². The Labute approximate surface area is 64.0 Å². The van der Waals surface area contributed by atoms with Crippen LogP contribution < -0.4 is 0 Å². The number of hydrogen-bond acceptors (Lipinski definition) is 0. The summed E-state index contributed by atoms with van der Waals surface area (Å²) in [6.07, 6.45) is 4.57. The average Bonchev–Trinajstić information content (AvgIpc) is 2.52. The fourth-order valence-electron chi connectivity index (χ4n) is 3.06. The molecule has 0 N–H and O–H groups in total. The molecular weight excluding hydrogens is 120 g/mol. The van der Waals surface area contributed by atoms with E-state index in [0.717, 1.165) is 23.2 Å². The second-order valence-corrected chi connectivity index (χ2v) is 4.71. The van der Waals surface area contributed by atoms with Gasteiger partial charge in [-0.15, -0.1) is 0 Å². The van der Waals surface area contributed by atoms with Crippen LogP contribution in [0.3, 0.4) is 0 Å². The van der Waals surface area contributed by atoms with E-state index >= 15 is 0 Å². The second-order valence-electron chi connectivity index (χ2n) is 4.71. The third kappa shape index (κ3) is 0.627. The summed E-state index contributed by atoms with van der Waals surface area (Å²) in [5, 5.41) is 0. The molecule has 0 radical (unpaired) electrons. The van der Waals surface area contributed by atoms with Crippen LogP contribution in [0.1, 0.15) is 40.0 Å². The minimum atomic E-state index is 0.833. The van der Waals surface area contributed by atoms with E-state index in [1.165, 1.54) is 12.8 Å². The van der Waals surface area contributed by atoms with Gasteiger partial charge in [0.2, 0.25) is 0 Å². The van der Waals surface area contributed by atoms with Gasteiger partial charge in [0, 0.05) is 0 Å². The zero-order valence-corrected chi connectivity index (χ0v) is 7.35. The Morgan fingerprint density at radius 2 is 2.10 bits per heavy atom. The van der Waals surface area contributed by atoms with Gasteiger partial charge in [-0.3, -0.25) is 0 Å². The van der Waals surface area contributed by atoms with Gasteiger partial charge in [0.1, 0.15) is 0 Å². The molecule has 0 amide bonds. The standard InChI is InChI=1S/C10H18/c1-7(2)10-5-4-8(3)9(10)6-10/h7-9H,4-6H2,1-3H3. The first-order chi connectivity index (χ1) is 4.67. The van der Waals surface area contributed by atoms with Crippen LogP contribution in [0.4, 0.5) is 0 Å². The highest BCUT2D eigenvalue weighted by Gasteiger charge is 2.61. The highest BCUT2D eigenvalue weighted by molar-refractivity contribution is 5.10. The van der Waals surface area contributed by atoms with Crippen molar-refractivity contribution in [3.05, 3.63) is 0 Å². The molecule has 0 aromatic heterocycles. The molecule has 0 nitrogen and oxygen atoms in total. The molecule has 58 valence electrons. The lowest BCUT2D eigenvalue weighted by atomic mass is 9.90. The minimum absolute atomic E-state index is 0.833. The Balaban J connectivity index is 2.11. The molecule has 0 heteroatoms. The molecule has 0 heterocycles. The van der Waals surface area contributed by atoms with Gasteiger partial charge < -0.3 is 0 Å². The summed E-state index contributed by atoms with van der Waals surface area (Å²) in [5.74, 6) is 3.11. The normalized spacial score (nSPS) is 51.6. The lowest BCUT2D eigenvalue weighted by Crippen LogP contribution is -2.07. The maximum absolute atomic E-state index is 2.43. The average molecular weight is 138 g/mol. The molecule has 2 saturated carbocycles. The van der Waals surface area contributed by atoms with Crippen LogP contribution in [0.5, 0.6) is 0 Å². The summed E-state index contributed by atoms with van der Waals surface area (Å²) >= 11 is 0. The van der Waals surface area contributed by atoms with E-state index in [2.05, 4.69) is 20.8 Å². The zero-order valence-electron chi connectivity index (χ0n) is 7.35. The van der Waals surface area contributed by atoms with Crippen molar-refractivity contribution in [3.8, 4) is 0 Å². The van der Waals surface area contributed by atoms with E-state index in [1.54, 1.807) is 6.42 Å². The molecular formula is C10H18. The highest BCUT2D eigenvalue weighted by atomic mass is 14.7. The molecule has 2 aliphatic rings. The first kappa shape index (κ1) is 6.69. The summed E-state index contributed by atoms with van der Waals surface area (Å²) in [7, 11) is 0. The van der Waals surface area contributed by atoms with Crippen molar-refractivity contribution in [2.45, 2.75) is 40.0 Å². The maximum atomic E-state index is 2.43. The Kier molecular flexibility index (Phi) is 1.19. The maximum Gasteiger partial charge on any atom is -0.0240 e. The lowest BCUT2D eigenvalue weighted by Gasteiger charge is -2.15. The van der Waals surface area contributed by atoms with E-state index in [1.807, 2.05) is 0 Å². The summed E-state index contributed by atoms with van der Waals surface area (Å²) in [4.78, 5) is 0. The molecule has 2 rings (SSSR count). The fraction of sp³-hybridized carbons (Fsp3) is 1.00. The molecule has 0 bridgehead atoms. The molecule has 2 aliphatic carbocycles. The van der Waals surface area contributed by atoms with Gasteiger partial charge in [0.25, 0.3) is 0 Å². The van der Waals surface area contributed by atoms with Crippen molar-refractivity contribution in [2.75, 3.05) is 0 Å². The van der Waals surface area contributed by atoms with Crippen molar-refractivity contribution >= 4 is 0 Å². The molecule has 0 aromatic carbocycles. The third-order valence-electron chi connectivity index (χ3n) is 4.08. The Morgan fingerprint density at radius 3 is 2.30 bits per heavy atom. The first-order valence-corrected chi connectivity index (χ1v) is 4.67. The number of hydrogen-bond donors (Lipinski definition) is 0. The summed E-state index contributed by atoms with van der Waals surface area (Å²) in [6, 6.07) is 0. The van der Waals surface area contributed by atoms with Crippen LogP contribution in [-0.2, 0) is 0 Å². The van der Waals surface area contributed by atoms with Crippen LogP contribution in [0.25, 0.3) is 0 Å². The van der Waals surface area contributed by atoms with Crippen molar-refractivity contribution in [2.24, 2.45) is 23.2 Å². The van der Waals surface area contributed by atoms with Crippen LogP contribution >= 0.6 is 0 Å². The molecule has 10 heavy (non-hydrogen) atoms. The van der Waals surface area contributed by atoms with Crippen LogP contribution in [0.15, 0.2) is 0 Å². The SMILES string of the molecule is CC1CCC2(C(C)C)CC12. The second kappa shape index (κ2) is 1.78. The lowest BCUT2D eigenvalue weighted by molar-refractivity contribution is 0.342. The van der Waals surface area contributed by atoms with Crippen LogP contribution in [0, 0.1) is 23.2 Å². The number of rotatable bonds is 1. The van der Waals surface area contributed by atoms with E-state index in [4.69, 9.17) is 0 Å². The van der Waals surface area contributed by atoms with Gasteiger partial charge in [-0.05, 0) is 42.4 Å². The van der Waals surface area contributed by atoms with Crippen molar-refractivity contribution in [3.63, 3.8) is 0 Å².